The Hall–Kier alpha value is -0.720. The third-order valence-corrected chi connectivity index (χ3v) is 3.50. The van der Waals surface area contributed by atoms with Crippen LogP contribution >= 0.6 is 27.5 Å². The topological polar surface area (TPSA) is 33.0 Å². The molecular formula is C11H9BrClNO. The maximum atomic E-state index is 9.15. The summed E-state index contributed by atoms with van der Waals surface area (Å²) in [5.74, 6) is 0.721. The van der Waals surface area contributed by atoms with Gasteiger partial charge in [0, 0.05) is 10.6 Å². The van der Waals surface area contributed by atoms with Gasteiger partial charge in [0.25, 0.3) is 0 Å². The molecule has 1 saturated carbocycles. The van der Waals surface area contributed by atoms with Crippen molar-refractivity contribution in [1.82, 2.24) is 0 Å². The standard InChI is InChI=1S/C11H9BrClNO/c1-15-10-8(11(6-14)2-3-11)4-7(13)5-9(10)12/h4-5H,2-3H2,1H3. The van der Waals surface area contributed by atoms with Crippen LogP contribution in [-0.2, 0) is 5.41 Å². The zero-order chi connectivity index (χ0) is 11.1. The van der Waals surface area contributed by atoms with Gasteiger partial charge in [0.1, 0.15) is 5.75 Å². The average Bonchev–Trinajstić information content (AvgIpc) is 2.97. The van der Waals surface area contributed by atoms with E-state index in [1.54, 1.807) is 13.2 Å². The minimum Gasteiger partial charge on any atom is -0.495 e. The van der Waals surface area contributed by atoms with E-state index in [2.05, 4.69) is 22.0 Å². The first-order valence-electron chi connectivity index (χ1n) is 4.58. The molecule has 0 saturated heterocycles. The van der Waals surface area contributed by atoms with Gasteiger partial charge >= 0.3 is 0 Å². The van der Waals surface area contributed by atoms with Crippen LogP contribution in [0.15, 0.2) is 16.6 Å². The molecule has 4 heteroatoms. The number of ether oxygens (including phenoxy) is 1. The SMILES string of the molecule is COc1c(Br)cc(Cl)cc1C1(C#N)CC1. The summed E-state index contributed by atoms with van der Waals surface area (Å²) in [6, 6.07) is 5.93. The summed E-state index contributed by atoms with van der Waals surface area (Å²) >= 11 is 9.36. The Labute approximate surface area is 102 Å². The lowest BCUT2D eigenvalue weighted by atomic mass is 9.97. The molecule has 0 N–H and O–H groups in total. The largest absolute Gasteiger partial charge is 0.495 e. The van der Waals surface area contributed by atoms with Gasteiger partial charge in [-0.05, 0) is 40.9 Å². The first-order valence-corrected chi connectivity index (χ1v) is 5.75. The number of hydrogen-bond donors (Lipinski definition) is 0. The van der Waals surface area contributed by atoms with Crippen molar-refractivity contribution in [2.24, 2.45) is 0 Å². The van der Waals surface area contributed by atoms with Gasteiger partial charge in [-0.15, -0.1) is 0 Å². The summed E-state index contributed by atoms with van der Waals surface area (Å²) in [5.41, 5.74) is 0.519. The monoisotopic (exact) mass is 285 g/mol. The van der Waals surface area contributed by atoms with Crippen LogP contribution in [-0.4, -0.2) is 7.11 Å². The van der Waals surface area contributed by atoms with E-state index in [9.17, 15) is 0 Å². The number of benzene rings is 1. The molecule has 2 nitrogen and oxygen atoms in total. The maximum absolute atomic E-state index is 9.15. The minimum atomic E-state index is -0.376. The van der Waals surface area contributed by atoms with Crippen LogP contribution in [0, 0.1) is 11.3 Å². The summed E-state index contributed by atoms with van der Waals surface area (Å²) < 4.78 is 6.10. The maximum Gasteiger partial charge on any atom is 0.137 e. The van der Waals surface area contributed by atoms with Crippen LogP contribution in [0.3, 0.4) is 0 Å². The zero-order valence-electron chi connectivity index (χ0n) is 8.18. The molecule has 0 spiro atoms. The quantitative estimate of drug-likeness (QED) is 0.831. The van der Waals surface area contributed by atoms with E-state index in [4.69, 9.17) is 21.6 Å². The third-order valence-electron chi connectivity index (χ3n) is 2.69. The highest BCUT2D eigenvalue weighted by Gasteiger charge is 2.47. The van der Waals surface area contributed by atoms with Crippen LogP contribution in [0.5, 0.6) is 5.75 Å². The Morgan fingerprint density at radius 1 is 1.53 bits per heavy atom. The molecule has 1 aromatic carbocycles. The van der Waals surface area contributed by atoms with E-state index in [1.807, 2.05) is 6.07 Å². The summed E-state index contributed by atoms with van der Waals surface area (Å²) in [5, 5.41) is 9.77. The van der Waals surface area contributed by atoms with Crippen LogP contribution in [0.4, 0.5) is 0 Å². The second-order valence-electron chi connectivity index (χ2n) is 3.66. The fourth-order valence-electron chi connectivity index (χ4n) is 1.69. The Bertz CT molecular complexity index is 449. The molecule has 0 radical (unpaired) electrons. The van der Waals surface area contributed by atoms with Gasteiger partial charge in [-0.25, -0.2) is 0 Å². The van der Waals surface area contributed by atoms with Gasteiger partial charge in [-0.3, -0.25) is 0 Å². The van der Waals surface area contributed by atoms with E-state index in [0.717, 1.165) is 28.6 Å². The van der Waals surface area contributed by atoms with Gasteiger partial charge in [0.2, 0.25) is 0 Å². The van der Waals surface area contributed by atoms with E-state index in [0.29, 0.717) is 5.02 Å². The molecule has 1 aliphatic rings. The molecule has 1 fully saturated rings. The summed E-state index contributed by atoms with van der Waals surface area (Å²) in [6.45, 7) is 0. The van der Waals surface area contributed by atoms with Gasteiger partial charge in [0.15, 0.2) is 0 Å². The minimum absolute atomic E-state index is 0.376. The molecule has 15 heavy (non-hydrogen) atoms. The number of nitrogens with zero attached hydrogens (tertiary/aromatic N) is 1. The highest BCUT2D eigenvalue weighted by atomic mass is 79.9. The normalized spacial score (nSPS) is 16.9. The van der Waals surface area contributed by atoms with Crippen molar-refractivity contribution in [1.29, 1.82) is 5.26 Å². The molecule has 0 atom stereocenters. The number of methoxy groups -OCH3 is 1. The Balaban J connectivity index is 2.60. The first-order chi connectivity index (χ1) is 7.13. The number of halogens is 2. The second-order valence-corrected chi connectivity index (χ2v) is 4.95. The molecule has 0 aromatic heterocycles. The van der Waals surface area contributed by atoms with Gasteiger partial charge in [0.05, 0.1) is 23.1 Å². The van der Waals surface area contributed by atoms with Crippen molar-refractivity contribution >= 4 is 27.5 Å². The number of nitriles is 1. The van der Waals surface area contributed by atoms with Gasteiger partial charge < -0.3 is 4.74 Å². The average molecular weight is 287 g/mol. The van der Waals surface area contributed by atoms with Crippen molar-refractivity contribution in [2.45, 2.75) is 18.3 Å². The third kappa shape index (κ3) is 1.73. The molecule has 0 heterocycles. The Morgan fingerprint density at radius 3 is 2.67 bits per heavy atom. The lowest BCUT2D eigenvalue weighted by Gasteiger charge is -2.14. The first kappa shape index (κ1) is 10.8. The molecule has 78 valence electrons. The smallest absolute Gasteiger partial charge is 0.137 e. The van der Waals surface area contributed by atoms with Crippen molar-refractivity contribution in [3.63, 3.8) is 0 Å². The van der Waals surface area contributed by atoms with Crippen LogP contribution < -0.4 is 4.74 Å². The molecule has 2 rings (SSSR count). The predicted octanol–water partition coefficient (Wildman–Crippen LogP) is 3.67. The number of hydrogen-bond acceptors (Lipinski definition) is 2. The van der Waals surface area contributed by atoms with Crippen molar-refractivity contribution < 1.29 is 4.74 Å². The molecular weight excluding hydrogens is 277 g/mol. The van der Waals surface area contributed by atoms with Crippen LogP contribution in [0.25, 0.3) is 0 Å². The zero-order valence-corrected chi connectivity index (χ0v) is 10.5. The van der Waals surface area contributed by atoms with E-state index < -0.39 is 0 Å². The second kappa shape index (κ2) is 3.70. The lowest BCUT2D eigenvalue weighted by Crippen LogP contribution is -2.05. The van der Waals surface area contributed by atoms with E-state index >= 15 is 0 Å². The van der Waals surface area contributed by atoms with Crippen LogP contribution in [0.2, 0.25) is 5.02 Å². The van der Waals surface area contributed by atoms with Crippen molar-refractivity contribution in [2.75, 3.05) is 7.11 Å². The Morgan fingerprint density at radius 2 is 2.20 bits per heavy atom. The van der Waals surface area contributed by atoms with E-state index in [-0.39, 0.29) is 5.41 Å². The lowest BCUT2D eigenvalue weighted by molar-refractivity contribution is 0.405. The van der Waals surface area contributed by atoms with Crippen LogP contribution in [0.1, 0.15) is 18.4 Å². The highest BCUT2D eigenvalue weighted by molar-refractivity contribution is 9.10. The van der Waals surface area contributed by atoms with E-state index in [1.165, 1.54) is 0 Å². The van der Waals surface area contributed by atoms with Gasteiger partial charge in [-0.2, -0.15) is 5.26 Å². The summed E-state index contributed by atoms with van der Waals surface area (Å²) in [6.07, 6.45) is 1.76. The van der Waals surface area contributed by atoms with Crippen molar-refractivity contribution in [3.8, 4) is 11.8 Å². The molecule has 1 aromatic rings. The number of rotatable bonds is 2. The molecule has 1 aliphatic carbocycles. The summed E-state index contributed by atoms with van der Waals surface area (Å²) in [4.78, 5) is 0. The summed E-state index contributed by atoms with van der Waals surface area (Å²) in [7, 11) is 1.60. The molecule has 0 unspecified atom stereocenters. The molecule has 0 aliphatic heterocycles. The molecule has 0 amide bonds. The fourth-order valence-corrected chi connectivity index (χ4v) is 2.66. The van der Waals surface area contributed by atoms with Gasteiger partial charge in [-0.1, -0.05) is 11.6 Å². The van der Waals surface area contributed by atoms with Crippen molar-refractivity contribution in [3.05, 3.63) is 27.2 Å². The predicted molar refractivity (Wildman–Crippen MR) is 62.2 cm³/mol. The highest BCUT2D eigenvalue weighted by Crippen LogP contribution is 2.52. The Kier molecular flexibility index (Phi) is 2.66. The molecule has 0 bridgehead atoms. The fraction of sp³-hybridized carbons (Fsp3) is 0.364.